The molecule has 0 aromatic heterocycles. The second kappa shape index (κ2) is 8.85. The molecule has 0 heterocycles. The molecule has 0 aromatic carbocycles. The average molecular weight is 205 g/mol. The van der Waals surface area contributed by atoms with E-state index in [1.807, 2.05) is 11.8 Å². The fourth-order valence-electron chi connectivity index (χ4n) is 1.24. The largest absolute Gasteiger partial charge is 0.385 e. The lowest BCUT2D eigenvalue weighted by atomic mass is 10.2. The molecule has 0 rings (SSSR count). The highest BCUT2D eigenvalue weighted by atomic mass is 32.2. The summed E-state index contributed by atoms with van der Waals surface area (Å²) in [7, 11) is 1.75. The molecule has 0 aliphatic carbocycles. The molecule has 1 N–H and O–H groups in total. The Balaban J connectivity index is 3.35. The Bertz CT molecular complexity index is 99.1. The third-order valence-corrected chi connectivity index (χ3v) is 2.72. The number of rotatable bonds is 8. The summed E-state index contributed by atoms with van der Waals surface area (Å²) in [4.78, 5) is 0. The number of thioether (sulfide) groups is 1. The van der Waals surface area contributed by atoms with Crippen molar-refractivity contribution in [2.24, 2.45) is 0 Å². The van der Waals surface area contributed by atoms with Crippen molar-refractivity contribution in [3.8, 4) is 0 Å². The highest BCUT2D eigenvalue weighted by molar-refractivity contribution is 7.98. The van der Waals surface area contributed by atoms with E-state index in [-0.39, 0.29) is 0 Å². The molecule has 0 aliphatic heterocycles. The zero-order valence-corrected chi connectivity index (χ0v) is 10.1. The van der Waals surface area contributed by atoms with Crippen LogP contribution in [-0.4, -0.2) is 37.8 Å². The van der Waals surface area contributed by atoms with Crippen LogP contribution in [0.15, 0.2) is 0 Å². The summed E-state index contributed by atoms with van der Waals surface area (Å²) in [6, 6.07) is 1.19. The Labute approximate surface area is 86.8 Å². The summed E-state index contributed by atoms with van der Waals surface area (Å²) in [6.45, 7) is 5.32. The van der Waals surface area contributed by atoms with E-state index in [1.165, 1.54) is 12.2 Å². The summed E-state index contributed by atoms with van der Waals surface area (Å²) in [5.74, 6) is 1.24. The molecule has 0 bridgehead atoms. The number of hydrogen-bond donors (Lipinski definition) is 1. The van der Waals surface area contributed by atoms with Gasteiger partial charge in [0.2, 0.25) is 0 Å². The van der Waals surface area contributed by atoms with Crippen molar-refractivity contribution in [3.63, 3.8) is 0 Å². The molecule has 0 saturated carbocycles. The van der Waals surface area contributed by atoms with Gasteiger partial charge in [-0.15, -0.1) is 0 Å². The molecular weight excluding hydrogens is 182 g/mol. The predicted molar refractivity (Wildman–Crippen MR) is 61.6 cm³/mol. The van der Waals surface area contributed by atoms with E-state index in [0.29, 0.717) is 12.1 Å². The molecule has 0 aromatic rings. The molecule has 2 unspecified atom stereocenters. The number of nitrogens with one attached hydrogen (secondary N) is 1. The van der Waals surface area contributed by atoms with Crippen molar-refractivity contribution in [2.45, 2.75) is 38.8 Å². The zero-order valence-electron chi connectivity index (χ0n) is 9.30. The van der Waals surface area contributed by atoms with Gasteiger partial charge < -0.3 is 10.1 Å². The van der Waals surface area contributed by atoms with E-state index in [0.717, 1.165) is 13.0 Å². The lowest BCUT2D eigenvalue weighted by Gasteiger charge is -2.19. The Morgan fingerprint density at radius 3 is 2.38 bits per heavy atom. The van der Waals surface area contributed by atoms with Gasteiger partial charge in [0.25, 0.3) is 0 Å². The van der Waals surface area contributed by atoms with Gasteiger partial charge in [0.1, 0.15) is 0 Å². The molecule has 0 fully saturated rings. The van der Waals surface area contributed by atoms with Crippen molar-refractivity contribution < 1.29 is 4.74 Å². The molecule has 0 radical (unpaired) electrons. The van der Waals surface area contributed by atoms with Crippen LogP contribution >= 0.6 is 11.8 Å². The lowest BCUT2D eigenvalue weighted by molar-refractivity contribution is 0.183. The number of ether oxygens (including phenoxy) is 1. The van der Waals surface area contributed by atoms with Gasteiger partial charge in [-0.2, -0.15) is 11.8 Å². The molecule has 0 aliphatic rings. The summed E-state index contributed by atoms with van der Waals surface area (Å²) in [6.07, 6.45) is 4.50. The minimum atomic E-state index is 0.566. The van der Waals surface area contributed by atoms with E-state index in [9.17, 15) is 0 Å². The van der Waals surface area contributed by atoms with Crippen molar-refractivity contribution in [1.29, 1.82) is 0 Å². The Morgan fingerprint density at radius 2 is 1.85 bits per heavy atom. The Morgan fingerprint density at radius 1 is 1.23 bits per heavy atom. The van der Waals surface area contributed by atoms with Crippen molar-refractivity contribution in [3.05, 3.63) is 0 Å². The van der Waals surface area contributed by atoms with Gasteiger partial charge in [0.15, 0.2) is 0 Å². The Hall–Kier alpha value is 0.270. The molecular formula is C10H23NOS. The van der Waals surface area contributed by atoms with Crippen LogP contribution < -0.4 is 5.32 Å². The van der Waals surface area contributed by atoms with Gasteiger partial charge in [-0.1, -0.05) is 0 Å². The first-order valence-electron chi connectivity index (χ1n) is 4.94. The second-order valence-electron chi connectivity index (χ2n) is 3.53. The number of methoxy groups -OCH3 is 1. The van der Waals surface area contributed by atoms with Crippen LogP contribution in [0, 0.1) is 0 Å². The molecule has 2 atom stereocenters. The molecule has 0 amide bonds. The average Bonchev–Trinajstić information content (AvgIpc) is 2.11. The predicted octanol–water partition coefficient (Wildman–Crippen LogP) is 2.14. The molecule has 13 heavy (non-hydrogen) atoms. The third-order valence-electron chi connectivity index (χ3n) is 2.08. The highest BCUT2D eigenvalue weighted by Crippen LogP contribution is 2.02. The zero-order chi connectivity index (χ0) is 10.1. The van der Waals surface area contributed by atoms with Crippen LogP contribution in [0.1, 0.15) is 26.7 Å². The van der Waals surface area contributed by atoms with Gasteiger partial charge in [-0.3, -0.25) is 0 Å². The minimum Gasteiger partial charge on any atom is -0.385 e. The van der Waals surface area contributed by atoms with Gasteiger partial charge in [-0.05, 0) is 38.7 Å². The molecule has 0 saturated heterocycles. The topological polar surface area (TPSA) is 21.3 Å². The van der Waals surface area contributed by atoms with E-state index in [1.54, 1.807) is 7.11 Å². The second-order valence-corrected chi connectivity index (χ2v) is 4.52. The maximum atomic E-state index is 5.03. The van der Waals surface area contributed by atoms with Crippen molar-refractivity contribution >= 4 is 11.8 Å². The quantitative estimate of drug-likeness (QED) is 0.656. The Kier molecular flexibility index (Phi) is 9.03. The van der Waals surface area contributed by atoms with E-state index in [4.69, 9.17) is 4.74 Å². The molecule has 0 spiro atoms. The van der Waals surface area contributed by atoms with Crippen molar-refractivity contribution in [2.75, 3.05) is 25.7 Å². The highest BCUT2D eigenvalue weighted by Gasteiger charge is 2.05. The van der Waals surface area contributed by atoms with Crippen molar-refractivity contribution in [1.82, 2.24) is 5.32 Å². The van der Waals surface area contributed by atoms with E-state index < -0.39 is 0 Å². The van der Waals surface area contributed by atoms with E-state index in [2.05, 4.69) is 25.4 Å². The van der Waals surface area contributed by atoms with Crippen LogP contribution in [0.25, 0.3) is 0 Å². The molecule has 2 nitrogen and oxygen atoms in total. The van der Waals surface area contributed by atoms with Crippen LogP contribution in [-0.2, 0) is 4.74 Å². The summed E-state index contributed by atoms with van der Waals surface area (Å²) in [5.41, 5.74) is 0. The first kappa shape index (κ1) is 13.3. The SMILES string of the molecule is COCCC(C)NC(C)CCSC. The molecule has 3 heteroatoms. The summed E-state index contributed by atoms with van der Waals surface area (Å²) >= 11 is 1.91. The minimum absolute atomic E-state index is 0.566. The van der Waals surface area contributed by atoms with Gasteiger partial charge in [0.05, 0.1) is 0 Å². The van der Waals surface area contributed by atoms with Gasteiger partial charge in [0, 0.05) is 25.8 Å². The standard InChI is InChI=1S/C10H23NOS/c1-9(5-7-12-3)11-10(2)6-8-13-4/h9-11H,5-8H2,1-4H3. The van der Waals surface area contributed by atoms with Gasteiger partial charge in [-0.25, -0.2) is 0 Å². The monoisotopic (exact) mass is 205 g/mol. The van der Waals surface area contributed by atoms with Crippen LogP contribution in [0.4, 0.5) is 0 Å². The summed E-state index contributed by atoms with van der Waals surface area (Å²) < 4.78 is 5.03. The third kappa shape index (κ3) is 8.60. The molecule has 80 valence electrons. The van der Waals surface area contributed by atoms with Crippen LogP contribution in [0.2, 0.25) is 0 Å². The fraction of sp³-hybridized carbons (Fsp3) is 1.00. The normalized spacial score (nSPS) is 15.7. The summed E-state index contributed by atoms with van der Waals surface area (Å²) in [5, 5.41) is 3.56. The maximum absolute atomic E-state index is 5.03. The first-order valence-corrected chi connectivity index (χ1v) is 6.34. The smallest absolute Gasteiger partial charge is 0.0476 e. The van der Waals surface area contributed by atoms with Crippen LogP contribution in [0.5, 0.6) is 0 Å². The van der Waals surface area contributed by atoms with E-state index >= 15 is 0 Å². The number of hydrogen-bond acceptors (Lipinski definition) is 3. The maximum Gasteiger partial charge on any atom is 0.0476 e. The first-order chi connectivity index (χ1) is 6.20. The van der Waals surface area contributed by atoms with Crippen LogP contribution in [0.3, 0.4) is 0 Å². The fourth-order valence-corrected chi connectivity index (χ4v) is 1.83. The lowest BCUT2D eigenvalue weighted by Crippen LogP contribution is -2.35. The van der Waals surface area contributed by atoms with Gasteiger partial charge >= 0.3 is 0 Å².